The molecule has 2 aromatic rings. The number of rotatable bonds is 2. The van der Waals surface area contributed by atoms with Gasteiger partial charge in [0.1, 0.15) is 0 Å². The highest BCUT2D eigenvalue weighted by atomic mass is 16.5. The second-order valence-corrected chi connectivity index (χ2v) is 5.42. The minimum atomic E-state index is -0.377. The zero-order valence-corrected chi connectivity index (χ0v) is 12.3. The number of hydrogen-bond acceptors (Lipinski definition) is 4. The van der Waals surface area contributed by atoms with E-state index in [0.717, 1.165) is 29.4 Å². The summed E-state index contributed by atoms with van der Waals surface area (Å²) in [5, 5.41) is 10.7. The Morgan fingerprint density at radius 2 is 2.32 bits per heavy atom. The van der Waals surface area contributed by atoms with Crippen LogP contribution in [0.2, 0.25) is 0 Å². The number of ether oxygens (including phenoxy) is 1. The van der Waals surface area contributed by atoms with Crippen molar-refractivity contribution in [1.29, 1.82) is 0 Å². The summed E-state index contributed by atoms with van der Waals surface area (Å²) in [6.45, 7) is 1.03. The minimum absolute atomic E-state index is 0.0727. The first-order chi connectivity index (χ1) is 10.7. The molecule has 7 nitrogen and oxygen atoms in total. The van der Waals surface area contributed by atoms with Gasteiger partial charge in [-0.05, 0) is 31.0 Å². The summed E-state index contributed by atoms with van der Waals surface area (Å²) in [6.07, 6.45) is 2.91. The van der Waals surface area contributed by atoms with Crippen molar-refractivity contribution in [2.24, 2.45) is 5.92 Å². The molecule has 7 heteroatoms. The summed E-state index contributed by atoms with van der Waals surface area (Å²) in [5.74, 6) is -0.288. The number of carbonyl (C=O) groups is 2. The van der Waals surface area contributed by atoms with Crippen molar-refractivity contribution in [1.82, 2.24) is 15.1 Å². The average Bonchev–Trinajstić information content (AvgIpc) is 3.02. The normalized spacial score (nSPS) is 18.2. The number of likely N-dealkylation sites (tertiary alicyclic amines) is 1. The summed E-state index contributed by atoms with van der Waals surface area (Å²) in [4.78, 5) is 25.5. The Morgan fingerprint density at radius 1 is 1.45 bits per heavy atom. The quantitative estimate of drug-likeness (QED) is 0.888. The zero-order valence-electron chi connectivity index (χ0n) is 12.3. The van der Waals surface area contributed by atoms with Crippen LogP contribution < -0.4 is 5.32 Å². The third kappa shape index (κ3) is 2.88. The van der Waals surface area contributed by atoms with Crippen molar-refractivity contribution in [3.63, 3.8) is 0 Å². The van der Waals surface area contributed by atoms with E-state index in [4.69, 9.17) is 4.74 Å². The monoisotopic (exact) mass is 302 g/mol. The Balaban J connectivity index is 1.66. The molecule has 1 fully saturated rings. The Labute approximate surface area is 127 Å². The summed E-state index contributed by atoms with van der Waals surface area (Å²) < 4.78 is 4.72. The van der Waals surface area contributed by atoms with E-state index in [2.05, 4.69) is 15.5 Å². The molecular weight excluding hydrogens is 284 g/mol. The number of fused-ring (bicyclic) bond motifs is 1. The lowest BCUT2D eigenvalue weighted by atomic mass is 9.97. The molecule has 2 N–H and O–H groups in total. The molecule has 1 aliphatic heterocycles. The van der Waals surface area contributed by atoms with Crippen LogP contribution in [0.25, 0.3) is 10.9 Å². The van der Waals surface area contributed by atoms with Crippen molar-refractivity contribution >= 4 is 28.6 Å². The third-order valence-corrected chi connectivity index (χ3v) is 3.93. The second kappa shape index (κ2) is 6.05. The van der Waals surface area contributed by atoms with Gasteiger partial charge < -0.3 is 15.0 Å². The summed E-state index contributed by atoms with van der Waals surface area (Å²) in [7, 11) is 1.35. The largest absolute Gasteiger partial charge is 0.453 e. The molecule has 1 aliphatic rings. The van der Waals surface area contributed by atoms with Crippen LogP contribution >= 0.6 is 0 Å². The number of piperidine rings is 1. The molecule has 2 amide bonds. The third-order valence-electron chi connectivity index (χ3n) is 3.93. The lowest BCUT2D eigenvalue weighted by Gasteiger charge is -2.30. The first kappa shape index (κ1) is 14.4. The summed E-state index contributed by atoms with van der Waals surface area (Å²) >= 11 is 0. The molecule has 1 aromatic carbocycles. The molecule has 1 aromatic heterocycles. The van der Waals surface area contributed by atoms with Gasteiger partial charge in [-0.2, -0.15) is 5.10 Å². The Hall–Kier alpha value is -2.57. The predicted octanol–water partition coefficient (Wildman–Crippen LogP) is 1.98. The van der Waals surface area contributed by atoms with E-state index in [0.29, 0.717) is 13.1 Å². The summed E-state index contributed by atoms with van der Waals surface area (Å²) in [6, 6.07) is 5.58. The number of amides is 2. The Kier molecular flexibility index (Phi) is 3.95. The number of aromatic nitrogens is 2. The van der Waals surface area contributed by atoms with Crippen LogP contribution in [0.5, 0.6) is 0 Å². The highest BCUT2D eigenvalue weighted by Crippen LogP contribution is 2.21. The van der Waals surface area contributed by atoms with E-state index in [1.54, 1.807) is 11.1 Å². The van der Waals surface area contributed by atoms with Gasteiger partial charge in [0.05, 0.1) is 24.7 Å². The minimum Gasteiger partial charge on any atom is -0.453 e. The molecule has 3 rings (SSSR count). The lowest BCUT2D eigenvalue weighted by molar-refractivity contribution is -0.121. The van der Waals surface area contributed by atoms with Gasteiger partial charge in [0.15, 0.2) is 0 Å². The Bertz CT molecular complexity index is 697. The molecule has 0 radical (unpaired) electrons. The molecule has 0 aliphatic carbocycles. The highest BCUT2D eigenvalue weighted by Gasteiger charge is 2.28. The number of methoxy groups -OCH3 is 1. The molecule has 0 saturated carbocycles. The zero-order chi connectivity index (χ0) is 15.5. The maximum absolute atomic E-state index is 12.4. The Morgan fingerprint density at radius 3 is 3.14 bits per heavy atom. The molecule has 1 atom stereocenters. The van der Waals surface area contributed by atoms with E-state index < -0.39 is 0 Å². The van der Waals surface area contributed by atoms with Gasteiger partial charge in [-0.15, -0.1) is 0 Å². The number of H-pyrrole nitrogens is 1. The van der Waals surface area contributed by atoms with Crippen molar-refractivity contribution < 1.29 is 14.3 Å². The van der Waals surface area contributed by atoms with E-state index in [9.17, 15) is 9.59 Å². The van der Waals surface area contributed by atoms with Crippen molar-refractivity contribution in [3.05, 3.63) is 24.4 Å². The van der Waals surface area contributed by atoms with Crippen molar-refractivity contribution in [2.75, 3.05) is 25.5 Å². The number of nitrogens with zero attached hydrogens (tertiary/aromatic N) is 2. The highest BCUT2D eigenvalue weighted by molar-refractivity contribution is 5.95. The van der Waals surface area contributed by atoms with E-state index in [-0.39, 0.29) is 17.9 Å². The molecule has 0 bridgehead atoms. The van der Waals surface area contributed by atoms with Gasteiger partial charge in [-0.3, -0.25) is 9.89 Å². The molecule has 1 saturated heterocycles. The first-order valence-electron chi connectivity index (χ1n) is 7.24. The molecule has 116 valence electrons. The smallest absolute Gasteiger partial charge is 0.409 e. The standard InChI is InChI=1S/C15H18N4O3/c1-22-15(21)19-6-2-3-10(9-19)14(20)17-12-4-5-13-11(7-12)8-16-18-13/h4-5,7-8,10H,2-3,6,9H2,1H3,(H,16,18)(H,17,20). The first-order valence-corrected chi connectivity index (χ1v) is 7.24. The van der Waals surface area contributed by atoms with Crippen LogP contribution in [-0.2, 0) is 9.53 Å². The number of carbonyl (C=O) groups excluding carboxylic acids is 2. The second-order valence-electron chi connectivity index (χ2n) is 5.42. The lowest BCUT2D eigenvalue weighted by Crippen LogP contribution is -2.43. The van der Waals surface area contributed by atoms with Gasteiger partial charge in [0, 0.05) is 24.2 Å². The average molecular weight is 302 g/mol. The van der Waals surface area contributed by atoms with Gasteiger partial charge in [-0.25, -0.2) is 4.79 Å². The van der Waals surface area contributed by atoms with Crippen molar-refractivity contribution in [2.45, 2.75) is 12.8 Å². The van der Waals surface area contributed by atoms with Crippen LogP contribution in [0.4, 0.5) is 10.5 Å². The fourth-order valence-electron chi connectivity index (χ4n) is 2.75. The van der Waals surface area contributed by atoms with E-state index in [1.165, 1.54) is 7.11 Å². The van der Waals surface area contributed by atoms with Crippen LogP contribution in [0.15, 0.2) is 24.4 Å². The van der Waals surface area contributed by atoms with Gasteiger partial charge >= 0.3 is 6.09 Å². The number of aromatic amines is 1. The van der Waals surface area contributed by atoms with Crippen LogP contribution in [0.1, 0.15) is 12.8 Å². The molecular formula is C15H18N4O3. The van der Waals surface area contributed by atoms with Crippen LogP contribution in [-0.4, -0.2) is 47.3 Å². The molecule has 0 spiro atoms. The predicted molar refractivity (Wildman–Crippen MR) is 81.4 cm³/mol. The SMILES string of the molecule is COC(=O)N1CCCC(C(=O)Nc2ccc3[nH]ncc3c2)C1. The van der Waals surface area contributed by atoms with Gasteiger partial charge in [-0.1, -0.05) is 0 Å². The fraction of sp³-hybridized carbons (Fsp3) is 0.400. The fourth-order valence-corrected chi connectivity index (χ4v) is 2.75. The molecule has 22 heavy (non-hydrogen) atoms. The number of benzene rings is 1. The maximum atomic E-state index is 12.4. The maximum Gasteiger partial charge on any atom is 0.409 e. The summed E-state index contributed by atoms with van der Waals surface area (Å²) in [5.41, 5.74) is 1.65. The van der Waals surface area contributed by atoms with Gasteiger partial charge in [0.2, 0.25) is 5.91 Å². The van der Waals surface area contributed by atoms with Crippen molar-refractivity contribution in [3.8, 4) is 0 Å². The number of hydrogen-bond donors (Lipinski definition) is 2. The van der Waals surface area contributed by atoms with Gasteiger partial charge in [0.25, 0.3) is 0 Å². The van der Waals surface area contributed by atoms with Crippen LogP contribution in [0, 0.1) is 5.92 Å². The van der Waals surface area contributed by atoms with E-state index in [1.807, 2.05) is 18.2 Å². The van der Waals surface area contributed by atoms with E-state index >= 15 is 0 Å². The molecule has 2 heterocycles. The molecule has 1 unspecified atom stereocenters. The number of nitrogens with one attached hydrogen (secondary N) is 2. The van der Waals surface area contributed by atoms with Crippen LogP contribution in [0.3, 0.4) is 0 Å². The topological polar surface area (TPSA) is 87.3 Å². The number of anilines is 1.